The van der Waals surface area contributed by atoms with Crippen LogP contribution in [0.1, 0.15) is 37.6 Å². The van der Waals surface area contributed by atoms with Gasteiger partial charge in [-0.3, -0.25) is 4.79 Å². The Morgan fingerprint density at radius 3 is 2.31 bits per heavy atom. The van der Waals surface area contributed by atoms with Crippen LogP contribution in [0.3, 0.4) is 0 Å². The highest BCUT2D eigenvalue weighted by atomic mass is 19.4. The molecule has 16 heavy (non-hydrogen) atoms. The maximum atomic E-state index is 12.2. The zero-order valence-corrected chi connectivity index (χ0v) is 8.88. The number of aromatic nitrogens is 2. The second-order valence-electron chi connectivity index (χ2n) is 3.41. The van der Waals surface area contributed by atoms with Gasteiger partial charge in [-0.1, -0.05) is 6.92 Å². The first-order valence-corrected chi connectivity index (χ1v) is 4.77. The fraction of sp³-hybridized carbons (Fsp3) is 0.500. The number of ketones is 1. The van der Waals surface area contributed by atoms with Crippen molar-refractivity contribution in [1.29, 1.82) is 0 Å². The van der Waals surface area contributed by atoms with Gasteiger partial charge in [0.25, 0.3) is 0 Å². The predicted octanol–water partition coefficient (Wildman–Crippen LogP) is 2.58. The molecule has 1 rings (SSSR count). The first-order chi connectivity index (χ1) is 7.36. The summed E-state index contributed by atoms with van der Waals surface area (Å²) in [6.07, 6.45) is -4.00. The Labute approximate surface area is 90.7 Å². The summed E-state index contributed by atoms with van der Waals surface area (Å²) < 4.78 is 36.6. The topological polar surface area (TPSA) is 42.9 Å². The molecule has 1 aromatic rings. The molecule has 0 radical (unpaired) electrons. The van der Waals surface area contributed by atoms with Gasteiger partial charge in [0.05, 0.1) is 11.6 Å². The molecule has 1 atom stereocenters. The minimum Gasteiger partial charge on any atom is -0.299 e. The van der Waals surface area contributed by atoms with Gasteiger partial charge in [0.2, 0.25) is 0 Å². The maximum absolute atomic E-state index is 12.2. The zero-order valence-electron chi connectivity index (χ0n) is 8.88. The minimum atomic E-state index is -4.50. The SMILES string of the molecule is CCC(C(C)=O)c1ccc(C(F)(F)F)nn1. The van der Waals surface area contributed by atoms with E-state index in [4.69, 9.17) is 0 Å². The summed E-state index contributed by atoms with van der Waals surface area (Å²) in [6, 6.07) is 2.04. The molecule has 0 aliphatic heterocycles. The van der Waals surface area contributed by atoms with Crippen LogP contribution in [0.5, 0.6) is 0 Å². The van der Waals surface area contributed by atoms with Crippen molar-refractivity contribution >= 4 is 5.78 Å². The zero-order chi connectivity index (χ0) is 12.3. The molecule has 0 amide bonds. The van der Waals surface area contributed by atoms with E-state index < -0.39 is 17.8 Å². The van der Waals surface area contributed by atoms with Gasteiger partial charge < -0.3 is 0 Å². The molecule has 0 N–H and O–H groups in total. The number of rotatable bonds is 3. The molecule has 0 aromatic carbocycles. The van der Waals surface area contributed by atoms with Gasteiger partial charge in [0, 0.05) is 0 Å². The normalized spacial score (nSPS) is 13.6. The van der Waals surface area contributed by atoms with Crippen LogP contribution in [0.4, 0.5) is 13.2 Å². The Morgan fingerprint density at radius 2 is 2.00 bits per heavy atom. The second kappa shape index (κ2) is 4.59. The van der Waals surface area contributed by atoms with Gasteiger partial charge in [-0.05, 0) is 25.5 Å². The van der Waals surface area contributed by atoms with Crippen molar-refractivity contribution in [2.24, 2.45) is 0 Å². The Hall–Kier alpha value is -1.46. The number of carbonyl (C=O) groups is 1. The summed E-state index contributed by atoms with van der Waals surface area (Å²) in [5.74, 6) is -0.605. The standard InChI is InChI=1S/C10H11F3N2O/c1-3-7(6(2)16)8-4-5-9(15-14-8)10(11,12)13/h4-5,7H,3H2,1-2H3. The van der Waals surface area contributed by atoms with E-state index in [1.165, 1.54) is 13.0 Å². The van der Waals surface area contributed by atoms with Crippen LogP contribution < -0.4 is 0 Å². The summed E-state index contributed by atoms with van der Waals surface area (Å²) in [7, 11) is 0. The third-order valence-corrected chi connectivity index (χ3v) is 2.23. The van der Waals surface area contributed by atoms with Crippen molar-refractivity contribution in [2.75, 3.05) is 0 Å². The van der Waals surface area contributed by atoms with Crippen LogP contribution in [0.15, 0.2) is 12.1 Å². The Morgan fingerprint density at radius 1 is 1.38 bits per heavy atom. The van der Waals surface area contributed by atoms with Crippen LogP contribution in [0.25, 0.3) is 0 Å². The third-order valence-electron chi connectivity index (χ3n) is 2.23. The van der Waals surface area contributed by atoms with E-state index in [0.717, 1.165) is 6.07 Å². The van der Waals surface area contributed by atoms with E-state index >= 15 is 0 Å². The summed E-state index contributed by atoms with van der Waals surface area (Å²) in [4.78, 5) is 11.2. The number of carbonyl (C=O) groups excluding carboxylic acids is 1. The highest BCUT2D eigenvalue weighted by Gasteiger charge is 2.33. The van der Waals surface area contributed by atoms with Crippen LogP contribution in [-0.4, -0.2) is 16.0 Å². The van der Waals surface area contributed by atoms with Crippen molar-refractivity contribution in [3.8, 4) is 0 Å². The van der Waals surface area contributed by atoms with Crippen LogP contribution in [-0.2, 0) is 11.0 Å². The first kappa shape index (κ1) is 12.6. The molecule has 1 heterocycles. The molecule has 6 heteroatoms. The quantitative estimate of drug-likeness (QED) is 0.804. The summed E-state index contributed by atoms with van der Waals surface area (Å²) >= 11 is 0. The van der Waals surface area contributed by atoms with Gasteiger partial charge in [0.1, 0.15) is 5.78 Å². The number of halogens is 3. The van der Waals surface area contributed by atoms with E-state index in [-0.39, 0.29) is 11.5 Å². The number of nitrogens with zero attached hydrogens (tertiary/aromatic N) is 2. The highest BCUT2D eigenvalue weighted by Crippen LogP contribution is 2.27. The molecule has 0 saturated carbocycles. The molecule has 3 nitrogen and oxygen atoms in total. The Kier molecular flexibility index (Phi) is 3.62. The molecule has 0 spiro atoms. The lowest BCUT2D eigenvalue weighted by Crippen LogP contribution is -2.14. The average molecular weight is 232 g/mol. The first-order valence-electron chi connectivity index (χ1n) is 4.77. The molecule has 0 bridgehead atoms. The Balaban J connectivity index is 2.98. The number of alkyl halides is 3. The lowest BCUT2D eigenvalue weighted by atomic mass is 9.98. The van der Waals surface area contributed by atoms with Gasteiger partial charge in [-0.25, -0.2) is 0 Å². The van der Waals surface area contributed by atoms with Crippen LogP contribution in [0.2, 0.25) is 0 Å². The average Bonchev–Trinajstić information content (AvgIpc) is 2.17. The molecule has 88 valence electrons. The molecule has 1 aromatic heterocycles. The summed E-state index contributed by atoms with van der Waals surface area (Å²) in [6.45, 7) is 3.15. The van der Waals surface area contributed by atoms with E-state index in [0.29, 0.717) is 6.42 Å². The molecule has 0 aliphatic rings. The summed E-state index contributed by atoms with van der Waals surface area (Å²) in [5, 5.41) is 6.52. The number of hydrogen-bond acceptors (Lipinski definition) is 3. The largest absolute Gasteiger partial charge is 0.435 e. The van der Waals surface area contributed by atoms with Gasteiger partial charge in [-0.2, -0.15) is 18.3 Å². The molecule has 1 unspecified atom stereocenters. The molecular weight excluding hydrogens is 221 g/mol. The molecule has 0 fully saturated rings. The Bertz CT molecular complexity index is 373. The second-order valence-corrected chi connectivity index (χ2v) is 3.41. The predicted molar refractivity (Wildman–Crippen MR) is 50.7 cm³/mol. The number of hydrogen-bond donors (Lipinski definition) is 0. The van der Waals surface area contributed by atoms with Crippen molar-refractivity contribution in [1.82, 2.24) is 10.2 Å². The molecule has 0 saturated heterocycles. The smallest absolute Gasteiger partial charge is 0.299 e. The van der Waals surface area contributed by atoms with Gasteiger partial charge in [-0.15, -0.1) is 5.10 Å². The van der Waals surface area contributed by atoms with Crippen LogP contribution in [0, 0.1) is 0 Å². The van der Waals surface area contributed by atoms with E-state index in [9.17, 15) is 18.0 Å². The molecular formula is C10H11F3N2O. The van der Waals surface area contributed by atoms with Crippen molar-refractivity contribution in [3.05, 3.63) is 23.5 Å². The van der Waals surface area contributed by atoms with E-state index in [2.05, 4.69) is 10.2 Å². The lowest BCUT2D eigenvalue weighted by molar-refractivity contribution is -0.141. The maximum Gasteiger partial charge on any atom is 0.435 e. The van der Waals surface area contributed by atoms with Gasteiger partial charge >= 0.3 is 6.18 Å². The van der Waals surface area contributed by atoms with Crippen molar-refractivity contribution in [3.63, 3.8) is 0 Å². The monoisotopic (exact) mass is 232 g/mol. The fourth-order valence-electron chi connectivity index (χ4n) is 1.38. The lowest BCUT2D eigenvalue weighted by Gasteiger charge is -2.10. The molecule has 0 aliphatic carbocycles. The van der Waals surface area contributed by atoms with Crippen molar-refractivity contribution < 1.29 is 18.0 Å². The van der Waals surface area contributed by atoms with Crippen LogP contribution >= 0.6 is 0 Å². The minimum absolute atomic E-state index is 0.128. The highest BCUT2D eigenvalue weighted by molar-refractivity contribution is 5.82. The van der Waals surface area contributed by atoms with Gasteiger partial charge in [0.15, 0.2) is 5.69 Å². The number of Topliss-reactive ketones (excluding diaryl/α,β-unsaturated/α-hetero) is 1. The summed E-state index contributed by atoms with van der Waals surface area (Å²) in [5.41, 5.74) is -0.766. The van der Waals surface area contributed by atoms with Crippen molar-refractivity contribution in [2.45, 2.75) is 32.4 Å². The van der Waals surface area contributed by atoms with E-state index in [1.807, 2.05) is 0 Å². The van der Waals surface area contributed by atoms with E-state index in [1.54, 1.807) is 6.92 Å². The third kappa shape index (κ3) is 2.77. The fourth-order valence-corrected chi connectivity index (χ4v) is 1.38.